The molecule has 25 heavy (non-hydrogen) atoms. The summed E-state index contributed by atoms with van der Waals surface area (Å²) in [6, 6.07) is -0.0858. The molecule has 2 aliphatic carbocycles. The molecule has 2 N–H and O–H groups in total. The maximum absolute atomic E-state index is 12.5. The van der Waals surface area contributed by atoms with Crippen molar-refractivity contribution < 1.29 is 23.1 Å². The minimum absolute atomic E-state index is 0.0514. The monoisotopic (exact) mass is 372 g/mol. The van der Waals surface area contributed by atoms with Crippen LogP contribution in [0.3, 0.4) is 0 Å². The van der Waals surface area contributed by atoms with Crippen molar-refractivity contribution >= 4 is 21.9 Å². The molecular weight excluding hydrogens is 344 g/mol. The number of nitrogens with zero attached hydrogens (tertiary/aromatic N) is 1. The maximum atomic E-state index is 12.5. The Morgan fingerprint density at radius 2 is 1.88 bits per heavy atom. The fourth-order valence-corrected chi connectivity index (χ4v) is 6.09. The fraction of sp³-hybridized carbons (Fsp3) is 0.882. The van der Waals surface area contributed by atoms with E-state index in [4.69, 9.17) is 0 Å². The third-order valence-corrected chi connectivity index (χ3v) is 7.64. The Morgan fingerprint density at radius 1 is 1.20 bits per heavy atom. The van der Waals surface area contributed by atoms with Crippen molar-refractivity contribution in [3.8, 4) is 0 Å². The van der Waals surface area contributed by atoms with Crippen LogP contribution in [0.1, 0.15) is 51.9 Å². The summed E-state index contributed by atoms with van der Waals surface area (Å²) in [4.78, 5) is 25.6. The minimum atomic E-state index is -3.69. The molecule has 8 heteroatoms. The van der Waals surface area contributed by atoms with Crippen LogP contribution in [0.4, 0.5) is 0 Å². The summed E-state index contributed by atoms with van der Waals surface area (Å²) in [6.07, 6.45) is 5.83. The molecule has 7 nitrogen and oxygen atoms in total. The normalized spacial score (nSPS) is 35.6. The van der Waals surface area contributed by atoms with Gasteiger partial charge in [-0.1, -0.05) is 13.3 Å². The van der Waals surface area contributed by atoms with E-state index in [0.717, 1.165) is 38.5 Å². The topological polar surface area (TPSA) is 104 Å². The predicted octanol–water partition coefficient (Wildman–Crippen LogP) is 1.20. The number of likely N-dealkylation sites (tertiary alicyclic amines) is 1. The SMILES string of the molecule is CC1CCC(NS(=O)(=O)CC(=O)N2C[C@@H]3CCC[C@@]3(C(=O)O)C2)CC1. The number of amides is 1. The number of carbonyl (C=O) groups excluding carboxylic acids is 1. The molecule has 142 valence electrons. The number of carbonyl (C=O) groups is 2. The second-order valence-corrected chi connectivity index (χ2v) is 9.91. The lowest BCUT2D eigenvalue weighted by Gasteiger charge is -2.27. The van der Waals surface area contributed by atoms with Crippen LogP contribution >= 0.6 is 0 Å². The molecule has 1 amide bonds. The van der Waals surface area contributed by atoms with Crippen molar-refractivity contribution in [2.24, 2.45) is 17.3 Å². The summed E-state index contributed by atoms with van der Waals surface area (Å²) in [5.74, 6) is -1.35. The van der Waals surface area contributed by atoms with E-state index in [1.165, 1.54) is 4.90 Å². The van der Waals surface area contributed by atoms with Gasteiger partial charge in [-0.15, -0.1) is 0 Å². The largest absolute Gasteiger partial charge is 0.481 e. The molecule has 3 rings (SSSR count). The van der Waals surface area contributed by atoms with Crippen LogP contribution in [0.25, 0.3) is 0 Å². The Kier molecular flexibility index (Phi) is 5.12. The maximum Gasteiger partial charge on any atom is 0.311 e. The van der Waals surface area contributed by atoms with E-state index in [0.29, 0.717) is 18.9 Å². The average molecular weight is 372 g/mol. The summed E-state index contributed by atoms with van der Waals surface area (Å²) in [5, 5.41) is 9.58. The molecule has 0 aromatic rings. The first-order valence-electron chi connectivity index (χ1n) is 9.23. The smallest absolute Gasteiger partial charge is 0.311 e. The van der Waals surface area contributed by atoms with Gasteiger partial charge in [0.2, 0.25) is 15.9 Å². The second-order valence-electron chi connectivity index (χ2n) is 8.16. The van der Waals surface area contributed by atoms with Gasteiger partial charge >= 0.3 is 5.97 Å². The number of hydrogen-bond donors (Lipinski definition) is 2. The Balaban J connectivity index is 1.58. The first kappa shape index (κ1) is 18.6. The zero-order chi connectivity index (χ0) is 18.2. The molecular formula is C17H28N2O5S. The summed E-state index contributed by atoms with van der Waals surface area (Å²) in [7, 11) is -3.69. The molecule has 3 fully saturated rings. The van der Waals surface area contributed by atoms with Crippen LogP contribution in [0.15, 0.2) is 0 Å². The third kappa shape index (κ3) is 3.84. The fourth-order valence-electron chi connectivity index (χ4n) is 4.76. The molecule has 3 aliphatic rings. The number of carboxylic acid groups (broad SMARTS) is 1. The zero-order valence-electron chi connectivity index (χ0n) is 14.7. The Labute approximate surface area is 149 Å². The van der Waals surface area contributed by atoms with Crippen molar-refractivity contribution in [3.05, 3.63) is 0 Å². The van der Waals surface area contributed by atoms with Gasteiger partial charge < -0.3 is 10.0 Å². The highest BCUT2D eigenvalue weighted by molar-refractivity contribution is 7.90. The average Bonchev–Trinajstić information content (AvgIpc) is 3.07. The van der Waals surface area contributed by atoms with E-state index in [1.807, 2.05) is 0 Å². The van der Waals surface area contributed by atoms with Crippen molar-refractivity contribution in [3.63, 3.8) is 0 Å². The van der Waals surface area contributed by atoms with Crippen LogP contribution in [0.5, 0.6) is 0 Å². The molecule has 2 atom stereocenters. The molecule has 0 aromatic heterocycles. The molecule has 1 saturated heterocycles. The van der Waals surface area contributed by atoms with Crippen LogP contribution in [0, 0.1) is 17.3 Å². The van der Waals surface area contributed by atoms with Crippen molar-refractivity contribution in [2.45, 2.75) is 57.9 Å². The molecule has 1 aliphatic heterocycles. The van der Waals surface area contributed by atoms with Crippen LogP contribution in [-0.4, -0.2) is 55.2 Å². The van der Waals surface area contributed by atoms with Gasteiger partial charge in [0.15, 0.2) is 0 Å². The van der Waals surface area contributed by atoms with Gasteiger partial charge in [-0.3, -0.25) is 9.59 Å². The third-order valence-electron chi connectivity index (χ3n) is 6.32. The number of fused-ring (bicyclic) bond motifs is 1. The van der Waals surface area contributed by atoms with Crippen molar-refractivity contribution in [1.82, 2.24) is 9.62 Å². The highest BCUT2D eigenvalue weighted by Gasteiger charge is 2.55. The number of rotatable bonds is 5. The number of carboxylic acids is 1. The lowest BCUT2D eigenvalue weighted by atomic mass is 9.81. The van der Waals surface area contributed by atoms with Crippen LogP contribution in [0.2, 0.25) is 0 Å². The Hall–Kier alpha value is -1.15. The number of sulfonamides is 1. The van der Waals surface area contributed by atoms with Crippen LogP contribution < -0.4 is 4.72 Å². The van der Waals surface area contributed by atoms with E-state index >= 15 is 0 Å². The van der Waals surface area contributed by atoms with Crippen molar-refractivity contribution in [1.29, 1.82) is 0 Å². The van der Waals surface area contributed by atoms with E-state index < -0.39 is 33.1 Å². The van der Waals surface area contributed by atoms with Crippen LogP contribution in [-0.2, 0) is 19.6 Å². The van der Waals surface area contributed by atoms with Gasteiger partial charge in [-0.05, 0) is 50.4 Å². The van der Waals surface area contributed by atoms with Gasteiger partial charge in [0.1, 0.15) is 5.75 Å². The summed E-state index contributed by atoms with van der Waals surface area (Å²) in [5.41, 5.74) is -0.869. The lowest BCUT2D eigenvalue weighted by Crippen LogP contribution is -2.44. The van der Waals surface area contributed by atoms with Gasteiger partial charge in [0.25, 0.3) is 0 Å². The molecule has 0 aromatic carbocycles. The van der Waals surface area contributed by atoms with Gasteiger partial charge in [0, 0.05) is 19.1 Å². The lowest BCUT2D eigenvalue weighted by molar-refractivity contribution is -0.149. The standard InChI is InChI=1S/C17H28N2O5S/c1-12-4-6-14(7-5-12)18-25(23,24)10-15(20)19-9-13-3-2-8-17(13,11-19)16(21)22/h12-14,18H,2-11H2,1H3,(H,21,22)/t12?,13-,14?,17+/m0/s1. The molecule has 0 bridgehead atoms. The molecule has 1 heterocycles. The van der Waals surface area contributed by atoms with Gasteiger partial charge in [-0.2, -0.15) is 0 Å². The summed E-state index contributed by atoms with van der Waals surface area (Å²) < 4.78 is 27.3. The summed E-state index contributed by atoms with van der Waals surface area (Å²) in [6.45, 7) is 2.67. The molecule has 2 saturated carbocycles. The quantitative estimate of drug-likeness (QED) is 0.755. The highest BCUT2D eigenvalue weighted by atomic mass is 32.2. The van der Waals surface area contributed by atoms with E-state index in [9.17, 15) is 23.1 Å². The summed E-state index contributed by atoms with van der Waals surface area (Å²) >= 11 is 0. The van der Waals surface area contributed by atoms with Crippen molar-refractivity contribution in [2.75, 3.05) is 18.8 Å². The molecule has 0 unspecified atom stereocenters. The number of aliphatic carboxylic acids is 1. The first-order chi connectivity index (χ1) is 11.7. The molecule has 0 spiro atoms. The number of hydrogen-bond acceptors (Lipinski definition) is 4. The van der Waals surface area contributed by atoms with E-state index in [-0.39, 0.29) is 18.5 Å². The zero-order valence-corrected chi connectivity index (χ0v) is 15.6. The minimum Gasteiger partial charge on any atom is -0.481 e. The second kappa shape index (κ2) is 6.87. The highest BCUT2D eigenvalue weighted by Crippen LogP contribution is 2.48. The van der Waals surface area contributed by atoms with E-state index in [1.54, 1.807) is 0 Å². The van der Waals surface area contributed by atoms with E-state index in [2.05, 4.69) is 11.6 Å². The molecule has 0 radical (unpaired) electrons. The Bertz CT molecular complexity index is 641. The van der Waals surface area contributed by atoms with Gasteiger partial charge in [-0.25, -0.2) is 13.1 Å². The van der Waals surface area contributed by atoms with Gasteiger partial charge in [0.05, 0.1) is 5.41 Å². The predicted molar refractivity (Wildman–Crippen MR) is 92.3 cm³/mol. The first-order valence-corrected chi connectivity index (χ1v) is 10.9. The number of nitrogens with one attached hydrogen (secondary N) is 1. The Morgan fingerprint density at radius 3 is 2.48 bits per heavy atom.